The maximum Gasteiger partial charge on any atom is 0.338 e. The minimum Gasteiger partial charge on any atom is -0.452 e. The standard InChI is InChI=1S/C34H25N3O7/c1-18-10-13-20(16-26(18)37(42)43)35-27(38)17-44-34(41)19-11-14-21(15-12-19)36-32(39)30-28-22-6-2-3-7-23(22)29(31(30)33(36)40)25-9-5-4-8-24(25)28/h2-16,28-31H,17H2,1H3,(H,35,38)/t28?,29?,30-,31+. The average Bonchev–Trinajstić information content (AvgIpc) is 3.30. The summed E-state index contributed by atoms with van der Waals surface area (Å²) in [6.45, 7) is 0.972. The van der Waals surface area contributed by atoms with E-state index in [4.69, 9.17) is 4.74 Å². The summed E-state index contributed by atoms with van der Waals surface area (Å²) in [7, 11) is 0. The first-order valence-corrected chi connectivity index (χ1v) is 14.1. The fourth-order valence-electron chi connectivity index (χ4n) is 6.97. The van der Waals surface area contributed by atoms with Gasteiger partial charge in [-0.1, -0.05) is 54.6 Å². The highest BCUT2D eigenvalue weighted by molar-refractivity contribution is 6.23. The molecular formula is C34H25N3O7. The number of carbonyl (C=O) groups is 4. The molecule has 3 aliphatic carbocycles. The zero-order chi connectivity index (χ0) is 30.7. The predicted octanol–water partition coefficient (Wildman–Crippen LogP) is 5.10. The number of imide groups is 1. The molecule has 1 aliphatic heterocycles. The molecule has 0 radical (unpaired) electrons. The molecule has 4 aromatic rings. The summed E-state index contributed by atoms with van der Waals surface area (Å²) < 4.78 is 5.12. The van der Waals surface area contributed by atoms with Crippen LogP contribution in [0.2, 0.25) is 0 Å². The molecule has 1 heterocycles. The van der Waals surface area contributed by atoms with Gasteiger partial charge in [0.25, 0.3) is 11.6 Å². The van der Waals surface area contributed by atoms with Gasteiger partial charge in [0, 0.05) is 29.2 Å². The summed E-state index contributed by atoms with van der Waals surface area (Å²) in [5.74, 6) is -3.44. The van der Waals surface area contributed by atoms with Gasteiger partial charge in [0.15, 0.2) is 6.61 Å². The molecule has 8 rings (SSSR count). The number of rotatable bonds is 6. The summed E-state index contributed by atoms with van der Waals surface area (Å²) >= 11 is 0. The molecule has 0 unspecified atom stereocenters. The molecule has 2 atom stereocenters. The van der Waals surface area contributed by atoms with Crippen LogP contribution in [0.5, 0.6) is 0 Å². The number of amides is 3. The van der Waals surface area contributed by atoms with E-state index in [1.165, 1.54) is 47.4 Å². The number of anilines is 2. The number of esters is 1. The van der Waals surface area contributed by atoms with Gasteiger partial charge in [0.05, 0.1) is 28.0 Å². The van der Waals surface area contributed by atoms with Crippen LogP contribution < -0.4 is 10.2 Å². The summed E-state index contributed by atoms with van der Waals surface area (Å²) in [4.78, 5) is 64.6. The zero-order valence-corrected chi connectivity index (χ0v) is 23.4. The number of nitrogens with one attached hydrogen (secondary N) is 1. The Hall–Kier alpha value is -5.64. The first kappa shape index (κ1) is 27.2. The molecule has 44 heavy (non-hydrogen) atoms. The van der Waals surface area contributed by atoms with Crippen LogP contribution in [0.25, 0.3) is 0 Å². The van der Waals surface area contributed by atoms with E-state index in [0.29, 0.717) is 11.3 Å². The van der Waals surface area contributed by atoms with E-state index >= 15 is 0 Å². The van der Waals surface area contributed by atoms with Crippen molar-refractivity contribution in [1.82, 2.24) is 0 Å². The van der Waals surface area contributed by atoms with Gasteiger partial charge in [-0.15, -0.1) is 0 Å². The molecule has 0 saturated carbocycles. The highest BCUT2D eigenvalue weighted by atomic mass is 16.6. The lowest BCUT2D eigenvalue weighted by molar-refractivity contribution is -0.385. The number of ether oxygens (including phenoxy) is 1. The molecule has 1 saturated heterocycles. The van der Waals surface area contributed by atoms with Crippen LogP contribution in [0, 0.1) is 28.9 Å². The minimum atomic E-state index is -0.779. The van der Waals surface area contributed by atoms with Crippen molar-refractivity contribution in [3.63, 3.8) is 0 Å². The second-order valence-electron chi connectivity index (χ2n) is 11.2. The van der Waals surface area contributed by atoms with Crippen LogP contribution in [0.3, 0.4) is 0 Å². The first-order valence-electron chi connectivity index (χ1n) is 14.1. The number of hydrogen-bond donors (Lipinski definition) is 1. The Kier molecular flexibility index (Phi) is 6.35. The molecule has 10 nitrogen and oxygen atoms in total. The van der Waals surface area contributed by atoms with Crippen molar-refractivity contribution in [3.8, 4) is 0 Å². The van der Waals surface area contributed by atoms with E-state index in [2.05, 4.69) is 5.32 Å². The molecule has 0 aromatic heterocycles. The second kappa shape index (κ2) is 10.3. The van der Waals surface area contributed by atoms with Crippen molar-refractivity contribution < 1.29 is 28.8 Å². The Morgan fingerprint density at radius 3 is 1.84 bits per heavy atom. The van der Waals surface area contributed by atoms with Gasteiger partial charge in [-0.3, -0.25) is 24.5 Å². The number of hydrogen-bond acceptors (Lipinski definition) is 7. The molecule has 4 aliphatic rings. The van der Waals surface area contributed by atoms with Gasteiger partial charge in [0.2, 0.25) is 11.8 Å². The molecule has 10 heteroatoms. The van der Waals surface area contributed by atoms with E-state index < -0.39 is 35.2 Å². The number of nitro benzene ring substituents is 1. The molecule has 2 bridgehead atoms. The second-order valence-corrected chi connectivity index (χ2v) is 11.2. The van der Waals surface area contributed by atoms with Gasteiger partial charge in [-0.25, -0.2) is 9.69 Å². The average molecular weight is 588 g/mol. The van der Waals surface area contributed by atoms with E-state index in [1.807, 2.05) is 48.5 Å². The number of carbonyl (C=O) groups excluding carboxylic acids is 4. The van der Waals surface area contributed by atoms with Crippen LogP contribution >= 0.6 is 0 Å². The lowest BCUT2D eigenvalue weighted by atomic mass is 9.55. The molecule has 1 fully saturated rings. The summed E-state index contributed by atoms with van der Waals surface area (Å²) in [5, 5.41) is 13.6. The molecule has 0 spiro atoms. The number of nitrogens with zero attached hydrogens (tertiary/aromatic N) is 2. The SMILES string of the molecule is Cc1ccc(NC(=O)COC(=O)c2ccc(N3C(=O)[C@@H]4C5c6ccccc6C(c6ccccc65)[C@@H]4C3=O)cc2)cc1[N+](=O)[O-]. The fourth-order valence-corrected chi connectivity index (χ4v) is 6.97. The van der Waals surface area contributed by atoms with Crippen LogP contribution in [-0.4, -0.2) is 35.2 Å². The van der Waals surface area contributed by atoms with Crippen LogP contribution in [0.15, 0.2) is 91.0 Å². The van der Waals surface area contributed by atoms with Crippen molar-refractivity contribution >= 4 is 40.8 Å². The van der Waals surface area contributed by atoms with E-state index in [-0.39, 0.29) is 40.6 Å². The Bertz CT molecular complexity index is 1790. The fraction of sp³-hybridized carbons (Fsp3) is 0.176. The third-order valence-electron chi connectivity index (χ3n) is 8.83. The van der Waals surface area contributed by atoms with Gasteiger partial charge in [-0.05, 0) is 59.5 Å². The topological polar surface area (TPSA) is 136 Å². The highest BCUT2D eigenvalue weighted by Crippen LogP contribution is 2.61. The number of nitro groups is 1. The van der Waals surface area contributed by atoms with E-state index in [9.17, 15) is 29.3 Å². The highest BCUT2D eigenvalue weighted by Gasteiger charge is 2.61. The molecule has 3 amide bonds. The van der Waals surface area contributed by atoms with E-state index in [1.54, 1.807) is 6.92 Å². The van der Waals surface area contributed by atoms with Crippen molar-refractivity contribution in [2.75, 3.05) is 16.8 Å². The number of benzene rings is 4. The lowest BCUT2D eigenvalue weighted by Crippen LogP contribution is -2.41. The molecular weight excluding hydrogens is 562 g/mol. The lowest BCUT2D eigenvalue weighted by Gasteiger charge is -2.45. The monoisotopic (exact) mass is 587 g/mol. The van der Waals surface area contributed by atoms with Crippen LogP contribution in [-0.2, 0) is 19.1 Å². The maximum absolute atomic E-state index is 13.9. The number of aryl methyl sites for hydroxylation is 1. The van der Waals surface area contributed by atoms with Crippen molar-refractivity contribution in [3.05, 3.63) is 134 Å². The summed E-state index contributed by atoms with van der Waals surface area (Å²) in [5.41, 5.74) is 5.34. The third-order valence-corrected chi connectivity index (χ3v) is 8.83. The third kappa shape index (κ3) is 4.17. The first-order chi connectivity index (χ1) is 21.2. The summed E-state index contributed by atoms with van der Waals surface area (Å²) in [6, 6.07) is 26.2. The summed E-state index contributed by atoms with van der Waals surface area (Å²) in [6.07, 6.45) is 0. The van der Waals surface area contributed by atoms with Crippen molar-refractivity contribution in [1.29, 1.82) is 0 Å². The minimum absolute atomic E-state index is 0.129. The Morgan fingerprint density at radius 2 is 1.34 bits per heavy atom. The largest absolute Gasteiger partial charge is 0.452 e. The normalized spacial score (nSPS) is 20.9. The van der Waals surface area contributed by atoms with Crippen molar-refractivity contribution in [2.45, 2.75) is 18.8 Å². The predicted molar refractivity (Wildman–Crippen MR) is 159 cm³/mol. The van der Waals surface area contributed by atoms with Gasteiger partial charge < -0.3 is 10.1 Å². The molecule has 1 N–H and O–H groups in total. The van der Waals surface area contributed by atoms with Crippen LogP contribution in [0.1, 0.15) is 50.0 Å². The Labute approximate surface area is 251 Å². The van der Waals surface area contributed by atoms with Crippen molar-refractivity contribution in [2.24, 2.45) is 11.8 Å². The quantitative estimate of drug-likeness (QED) is 0.144. The Morgan fingerprint density at radius 1 is 0.818 bits per heavy atom. The van der Waals surface area contributed by atoms with Gasteiger partial charge in [-0.2, -0.15) is 0 Å². The molecule has 218 valence electrons. The smallest absolute Gasteiger partial charge is 0.338 e. The zero-order valence-electron chi connectivity index (χ0n) is 23.4. The van der Waals surface area contributed by atoms with E-state index in [0.717, 1.165) is 22.3 Å². The van der Waals surface area contributed by atoms with Crippen LogP contribution in [0.4, 0.5) is 17.1 Å². The van der Waals surface area contributed by atoms with Gasteiger partial charge >= 0.3 is 5.97 Å². The Balaban J connectivity index is 1.06. The van der Waals surface area contributed by atoms with Gasteiger partial charge in [0.1, 0.15) is 0 Å². The molecule has 4 aromatic carbocycles. The maximum atomic E-state index is 13.9.